The fraction of sp³-hybridized carbons (Fsp3) is 0.0667. The Labute approximate surface area is 128 Å². The highest BCUT2D eigenvalue weighted by Crippen LogP contribution is 2.26. The lowest BCUT2D eigenvalue weighted by Gasteiger charge is -2.13. The van der Waals surface area contributed by atoms with Gasteiger partial charge < -0.3 is 10.1 Å². The Bertz CT molecular complexity index is 857. The van der Waals surface area contributed by atoms with Gasteiger partial charge in [-0.2, -0.15) is 0 Å². The number of ether oxygens (including phenoxy) is 1. The number of carbonyl (C=O) groups excluding carboxylic acids is 1. The van der Waals surface area contributed by atoms with Crippen LogP contribution in [0.3, 0.4) is 0 Å². The molecule has 0 amide bonds. The summed E-state index contributed by atoms with van der Waals surface area (Å²) in [5.41, 5.74) is 0.534. The number of fused-ring (bicyclic) bond motifs is 1. The monoisotopic (exact) mass is 321 g/mol. The maximum Gasteiger partial charge on any atom is 0.299 e. The van der Waals surface area contributed by atoms with E-state index in [1.807, 2.05) is 0 Å². The van der Waals surface area contributed by atoms with Crippen LogP contribution in [-0.2, 0) is 11.3 Å². The molecule has 0 radical (unpaired) electrons. The van der Waals surface area contributed by atoms with Crippen molar-refractivity contribution in [2.45, 2.75) is 6.54 Å². The first kappa shape index (κ1) is 14.9. The summed E-state index contributed by atoms with van der Waals surface area (Å²) >= 11 is 0. The van der Waals surface area contributed by atoms with E-state index in [0.717, 1.165) is 0 Å². The van der Waals surface area contributed by atoms with Crippen LogP contribution in [0.2, 0.25) is 0 Å². The number of nitrogens with zero attached hydrogens (tertiary/aromatic N) is 2. The minimum Gasteiger partial charge on any atom is -0.409 e. The van der Waals surface area contributed by atoms with E-state index in [0.29, 0.717) is 23.5 Å². The van der Waals surface area contributed by atoms with E-state index in [1.165, 1.54) is 10.6 Å². The smallest absolute Gasteiger partial charge is 0.299 e. The van der Waals surface area contributed by atoms with E-state index in [2.05, 4.69) is 10.3 Å². The predicted molar refractivity (Wildman–Crippen MR) is 75.5 cm³/mol. The number of halogens is 3. The summed E-state index contributed by atoms with van der Waals surface area (Å²) in [6.07, 6.45) is 3.08. The molecule has 0 unspecified atom stereocenters. The Morgan fingerprint density at radius 2 is 1.96 bits per heavy atom. The van der Waals surface area contributed by atoms with Crippen LogP contribution in [0.4, 0.5) is 18.9 Å². The van der Waals surface area contributed by atoms with Gasteiger partial charge in [0.1, 0.15) is 23.1 Å². The summed E-state index contributed by atoms with van der Waals surface area (Å²) in [5, 5.41) is 2.76. The van der Waals surface area contributed by atoms with Crippen molar-refractivity contribution in [3.8, 4) is 5.88 Å². The molecule has 3 aromatic rings. The molecular weight excluding hydrogens is 311 g/mol. The van der Waals surface area contributed by atoms with Crippen LogP contribution in [0, 0.1) is 17.5 Å². The van der Waals surface area contributed by atoms with E-state index in [-0.39, 0.29) is 24.5 Å². The molecule has 0 spiro atoms. The summed E-state index contributed by atoms with van der Waals surface area (Å²) < 4.78 is 46.6. The lowest BCUT2D eigenvalue weighted by atomic mass is 10.2. The number of imidazole rings is 1. The second-order valence-corrected chi connectivity index (χ2v) is 4.62. The third-order valence-electron chi connectivity index (χ3n) is 3.24. The van der Waals surface area contributed by atoms with Crippen LogP contribution < -0.4 is 10.1 Å². The van der Waals surface area contributed by atoms with Crippen molar-refractivity contribution in [2.75, 3.05) is 5.32 Å². The molecule has 2 aromatic heterocycles. The van der Waals surface area contributed by atoms with Crippen molar-refractivity contribution in [1.29, 1.82) is 0 Å². The number of rotatable bonds is 5. The number of pyridine rings is 1. The molecule has 0 saturated carbocycles. The average molecular weight is 321 g/mol. The van der Waals surface area contributed by atoms with Gasteiger partial charge in [-0.25, -0.2) is 18.2 Å². The standard InChI is InChI=1S/C15H10F3N3O2/c16-9-5-11(17)10(12(18)6-9)7-20-13-1-2-14-19-3-4-21(14)15(13)23-8-22/h1-6,8,20H,7H2. The fourth-order valence-electron chi connectivity index (χ4n) is 2.19. The van der Waals surface area contributed by atoms with E-state index in [4.69, 9.17) is 4.74 Å². The van der Waals surface area contributed by atoms with E-state index >= 15 is 0 Å². The predicted octanol–water partition coefficient (Wildman–Crippen LogP) is 2.90. The van der Waals surface area contributed by atoms with Crippen LogP contribution in [-0.4, -0.2) is 15.9 Å². The molecule has 8 heteroatoms. The molecule has 0 bridgehead atoms. The molecule has 1 N–H and O–H groups in total. The molecule has 118 valence electrons. The highest BCUT2D eigenvalue weighted by atomic mass is 19.1. The van der Waals surface area contributed by atoms with Crippen LogP contribution in [0.25, 0.3) is 5.65 Å². The van der Waals surface area contributed by atoms with Crippen molar-refractivity contribution < 1.29 is 22.7 Å². The minimum absolute atomic E-state index is 0.123. The summed E-state index contributed by atoms with van der Waals surface area (Å²) in [6, 6.07) is 4.39. The van der Waals surface area contributed by atoms with Crippen LogP contribution in [0.1, 0.15) is 5.56 Å². The maximum absolute atomic E-state index is 13.6. The van der Waals surface area contributed by atoms with Gasteiger partial charge in [-0.05, 0) is 12.1 Å². The van der Waals surface area contributed by atoms with E-state index in [1.54, 1.807) is 18.3 Å². The SMILES string of the molecule is O=COc1c(NCc2c(F)cc(F)cc2F)ccc2nccn12. The zero-order valence-electron chi connectivity index (χ0n) is 11.6. The number of carbonyl (C=O) groups is 1. The summed E-state index contributed by atoms with van der Waals surface area (Å²) in [4.78, 5) is 14.7. The number of anilines is 1. The molecule has 1 aromatic carbocycles. The average Bonchev–Trinajstić information content (AvgIpc) is 2.96. The Balaban J connectivity index is 1.93. The van der Waals surface area contributed by atoms with Crippen molar-refractivity contribution in [3.63, 3.8) is 0 Å². The van der Waals surface area contributed by atoms with Gasteiger partial charge >= 0.3 is 0 Å². The molecule has 0 atom stereocenters. The zero-order chi connectivity index (χ0) is 16.4. The first-order chi connectivity index (χ1) is 11.1. The molecule has 0 aliphatic rings. The third kappa shape index (κ3) is 2.83. The first-order valence-electron chi connectivity index (χ1n) is 6.54. The molecule has 5 nitrogen and oxygen atoms in total. The van der Waals surface area contributed by atoms with Crippen LogP contribution in [0.5, 0.6) is 5.88 Å². The molecule has 2 heterocycles. The van der Waals surface area contributed by atoms with Gasteiger partial charge in [0, 0.05) is 36.6 Å². The zero-order valence-corrected chi connectivity index (χ0v) is 11.6. The Hall–Kier alpha value is -3.03. The van der Waals surface area contributed by atoms with Crippen molar-refractivity contribution in [1.82, 2.24) is 9.38 Å². The van der Waals surface area contributed by atoms with Gasteiger partial charge in [0.15, 0.2) is 0 Å². The number of hydrogen-bond donors (Lipinski definition) is 1. The van der Waals surface area contributed by atoms with E-state index in [9.17, 15) is 18.0 Å². The summed E-state index contributed by atoms with van der Waals surface area (Å²) in [7, 11) is 0. The van der Waals surface area contributed by atoms with Crippen LogP contribution >= 0.6 is 0 Å². The first-order valence-corrected chi connectivity index (χ1v) is 6.54. The lowest BCUT2D eigenvalue weighted by Crippen LogP contribution is -2.08. The van der Waals surface area contributed by atoms with Gasteiger partial charge in [0.25, 0.3) is 6.47 Å². The van der Waals surface area contributed by atoms with E-state index < -0.39 is 17.5 Å². The molecule has 0 saturated heterocycles. The minimum atomic E-state index is -1.00. The number of benzene rings is 1. The largest absolute Gasteiger partial charge is 0.409 e. The maximum atomic E-state index is 13.6. The number of nitrogens with one attached hydrogen (secondary N) is 1. The third-order valence-corrected chi connectivity index (χ3v) is 3.24. The van der Waals surface area contributed by atoms with Crippen molar-refractivity contribution in [2.24, 2.45) is 0 Å². The van der Waals surface area contributed by atoms with Gasteiger partial charge in [-0.1, -0.05) is 0 Å². The Morgan fingerprint density at radius 3 is 2.65 bits per heavy atom. The van der Waals surface area contributed by atoms with Gasteiger partial charge in [-0.3, -0.25) is 9.20 Å². The van der Waals surface area contributed by atoms with Gasteiger partial charge in [0.2, 0.25) is 5.88 Å². The number of aromatic nitrogens is 2. The molecule has 0 aliphatic carbocycles. The second-order valence-electron chi connectivity index (χ2n) is 4.62. The molecule has 0 fully saturated rings. The molecule has 0 aliphatic heterocycles. The number of hydrogen-bond acceptors (Lipinski definition) is 4. The molecule has 23 heavy (non-hydrogen) atoms. The Morgan fingerprint density at radius 1 is 1.22 bits per heavy atom. The summed E-state index contributed by atoms with van der Waals surface area (Å²) in [6.45, 7) is -0.0214. The van der Waals surface area contributed by atoms with Crippen molar-refractivity contribution in [3.05, 3.63) is 59.7 Å². The molecule has 3 rings (SSSR count). The Kier molecular flexibility index (Phi) is 3.88. The molecular formula is C15H10F3N3O2. The highest BCUT2D eigenvalue weighted by molar-refractivity contribution is 5.63. The van der Waals surface area contributed by atoms with Gasteiger partial charge in [0.05, 0.1) is 5.69 Å². The fourth-order valence-corrected chi connectivity index (χ4v) is 2.19. The second kappa shape index (κ2) is 5.99. The topological polar surface area (TPSA) is 55.6 Å². The lowest BCUT2D eigenvalue weighted by molar-refractivity contribution is -0.120. The van der Waals surface area contributed by atoms with Gasteiger partial charge in [-0.15, -0.1) is 0 Å². The normalized spacial score (nSPS) is 10.7. The summed E-state index contributed by atoms with van der Waals surface area (Å²) in [5.74, 6) is -2.88. The van der Waals surface area contributed by atoms with Crippen LogP contribution in [0.15, 0.2) is 36.7 Å². The highest BCUT2D eigenvalue weighted by Gasteiger charge is 2.14. The quantitative estimate of drug-likeness (QED) is 0.734. The van der Waals surface area contributed by atoms with Crippen molar-refractivity contribution >= 4 is 17.8 Å².